The Labute approximate surface area is 193 Å². The third-order valence-electron chi connectivity index (χ3n) is 4.40. The maximum atomic E-state index is 13.0. The van der Waals surface area contributed by atoms with Gasteiger partial charge in [0.25, 0.3) is 5.91 Å². The first-order valence-electron chi connectivity index (χ1n) is 9.67. The van der Waals surface area contributed by atoms with Crippen LogP contribution in [-0.4, -0.2) is 41.1 Å². The van der Waals surface area contributed by atoms with Crippen LogP contribution in [0.15, 0.2) is 84.9 Å². The topological polar surface area (TPSA) is 119 Å². The fourth-order valence-electron chi connectivity index (χ4n) is 2.78. The zero-order valence-electron chi connectivity index (χ0n) is 17.0. The predicted octanol–water partition coefficient (Wildman–Crippen LogP) is 3.81. The molecule has 8 nitrogen and oxygen atoms in total. The van der Waals surface area contributed by atoms with E-state index in [1.54, 1.807) is 48.5 Å². The van der Waals surface area contributed by atoms with Gasteiger partial charge in [-0.25, -0.2) is 14.4 Å². The Morgan fingerprint density at radius 3 is 1.64 bits per heavy atom. The molecule has 0 unspecified atom stereocenters. The minimum atomic E-state index is -2.13. The molecular formula is C24H18ClNO7. The highest BCUT2D eigenvalue weighted by molar-refractivity contribution is 6.33. The highest BCUT2D eigenvalue weighted by atomic mass is 35.5. The Morgan fingerprint density at radius 1 is 0.697 bits per heavy atom. The van der Waals surface area contributed by atoms with E-state index in [1.807, 2.05) is 0 Å². The number of hydrogen-bond acceptors (Lipinski definition) is 6. The van der Waals surface area contributed by atoms with E-state index in [4.69, 9.17) is 21.1 Å². The Morgan fingerprint density at radius 2 is 1.15 bits per heavy atom. The van der Waals surface area contributed by atoms with Crippen LogP contribution in [0.25, 0.3) is 0 Å². The van der Waals surface area contributed by atoms with E-state index >= 15 is 0 Å². The van der Waals surface area contributed by atoms with E-state index < -0.39 is 36.0 Å². The number of nitrogens with one attached hydrogen (secondary N) is 1. The van der Waals surface area contributed by atoms with Crippen molar-refractivity contribution in [1.29, 1.82) is 0 Å². The number of hydrogen-bond donors (Lipinski definition) is 2. The van der Waals surface area contributed by atoms with Crippen LogP contribution in [0.1, 0.15) is 20.7 Å². The van der Waals surface area contributed by atoms with Crippen molar-refractivity contribution in [2.75, 3.05) is 5.32 Å². The first-order valence-corrected chi connectivity index (χ1v) is 10.0. The molecule has 0 aliphatic heterocycles. The number of anilines is 1. The number of esters is 2. The molecule has 0 radical (unpaired) electrons. The second-order valence-corrected chi connectivity index (χ2v) is 7.10. The number of amides is 1. The lowest BCUT2D eigenvalue weighted by Crippen LogP contribution is -2.48. The summed E-state index contributed by atoms with van der Waals surface area (Å²) in [4.78, 5) is 50.0. The number of aliphatic carboxylic acids is 1. The molecule has 0 saturated heterocycles. The maximum absolute atomic E-state index is 13.0. The Balaban J connectivity index is 1.91. The molecule has 0 aliphatic rings. The summed E-state index contributed by atoms with van der Waals surface area (Å²) in [6, 6.07) is 21.5. The normalized spacial score (nSPS) is 12.2. The van der Waals surface area contributed by atoms with Gasteiger partial charge in [-0.05, 0) is 36.4 Å². The van der Waals surface area contributed by atoms with Gasteiger partial charge in [-0.15, -0.1) is 0 Å². The molecular weight excluding hydrogens is 450 g/mol. The summed E-state index contributed by atoms with van der Waals surface area (Å²) in [5.41, 5.74) is 0.290. The highest BCUT2D eigenvalue weighted by Crippen LogP contribution is 2.22. The molecule has 2 atom stereocenters. The fourth-order valence-corrected chi connectivity index (χ4v) is 2.96. The Bertz CT molecular complexity index is 1150. The molecule has 9 heteroatoms. The second-order valence-electron chi connectivity index (χ2n) is 6.69. The van der Waals surface area contributed by atoms with Crippen molar-refractivity contribution in [2.24, 2.45) is 0 Å². The average Bonchev–Trinajstić information content (AvgIpc) is 2.83. The zero-order valence-corrected chi connectivity index (χ0v) is 17.8. The molecule has 168 valence electrons. The van der Waals surface area contributed by atoms with Gasteiger partial charge in [0.2, 0.25) is 12.2 Å². The molecule has 2 N–H and O–H groups in total. The van der Waals surface area contributed by atoms with Crippen molar-refractivity contribution >= 4 is 41.1 Å². The van der Waals surface area contributed by atoms with Crippen LogP contribution in [0.2, 0.25) is 5.02 Å². The standard InChI is InChI=1S/C24H18ClNO7/c25-17-13-7-8-14-18(17)26-21(27)19(32-23(30)15-9-3-1-4-10-15)20(22(28)29)33-24(31)16-11-5-2-6-12-16/h1-14,19-20H,(H,26,27)(H,28,29)/t19-,20+/m0/s1. The van der Waals surface area contributed by atoms with E-state index in [2.05, 4.69) is 5.32 Å². The second kappa shape index (κ2) is 10.9. The van der Waals surface area contributed by atoms with Crippen LogP contribution in [0.5, 0.6) is 0 Å². The average molecular weight is 468 g/mol. The number of carboxylic acids is 1. The lowest BCUT2D eigenvalue weighted by atomic mass is 10.1. The van der Waals surface area contributed by atoms with Crippen LogP contribution in [-0.2, 0) is 19.1 Å². The minimum Gasteiger partial charge on any atom is -0.478 e. The molecule has 3 rings (SSSR count). The van der Waals surface area contributed by atoms with E-state index in [1.165, 1.54) is 36.4 Å². The van der Waals surface area contributed by atoms with Gasteiger partial charge in [-0.1, -0.05) is 60.1 Å². The number of carbonyl (C=O) groups excluding carboxylic acids is 3. The van der Waals surface area contributed by atoms with Crippen molar-refractivity contribution in [2.45, 2.75) is 12.2 Å². The SMILES string of the molecule is O=C(O[C@H](C(=O)Nc1ccccc1Cl)[C@@H](OC(=O)c1ccccc1)C(=O)O)c1ccccc1. The number of halogens is 1. The highest BCUT2D eigenvalue weighted by Gasteiger charge is 2.41. The monoisotopic (exact) mass is 467 g/mol. The molecule has 0 bridgehead atoms. The first-order chi connectivity index (χ1) is 15.9. The fraction of sp³-hybridized carbons (Fsp3) is 0.0833. The van der Waals surface area contributed by atoms with Gasteiger partial charge in [0, 0.05) is 0 Å². The van der Waals surface area contributed by atoms with Crippen LogP contribution < -0.4 is 5.32 Å². The third-order valence-corrected chi connectivity index (χ3v) is 4.73. The maximum Gasteiger partial charge on any atom is 0.349 e. The van der Waals surface area contributed by atoms with Gasteiger partial charge >= 0.3 is 17.9 Å². The van der Waals surface area contributed by atoms with Crippen LogP contribution in [0, 0.1) is 0 Å². The van der Waals surface area contributed by atoms with Gasteiger partial charge in [0.15, 0.2) is 0 Å². The minimum absolute atomic E-state index is 0.0587. The van der Waals surface area contributed by atoms with Gasteiger partial charge in [-0.2, -0.15) is 0 Å². The Hall–Kier alpha value is -4.17. The van der Waals surface area contributed by atoms with E-state index in [0.29, 0.717) is 0 Å². The van der Waals surface area contributed by atoms with Crippen molar-refractivity contribution in [3.63, 3.8) is 0 Å². The smallest absolute Gasteiger partial charge is 0.349 e. The summed E-state index contributed by atoms with van der Waals surface area (Å²) in [5, 5.41) is 12.3. The summed E-state index contributed by atoms with van der Waals surface area (Å²) in [6.45, 7) is 0. The molecule has 33 heavy (non-hydrogen) atoms. The van der Waals surface area contributed by atoms with Gasteiger partial charge in [-0.3, -0.25) is 4.79 Å². The molecule has 1 amide bonds. The lowest BCUT2D eigenvalue weighted by Gasteiger charge is -2.23. The Kier molecular flexibility index (Phi) is 7.77. The van der Waals surface area contributed by atoms with Crippen LogP contribution in [0.3, 0.4) is 0 Å². The van der Waals surface area contributed by atoms with Crippen LogP contribution >= 0.6 is 11.6 Å². The van der Waals surface area contributed by atoms with E-state index in [0.717, 1.165) is 0 Å². The number of benzene rings is 3. The molecule has 0 fully saturated rings. The largest absolute Gasteiger partial charge is 0.478 e. The molecule has 0 aliphatic carbocycles. The molecule has 0 saturated carbocycles. The van der Waals surface area contributed by atoms with Crippen LogP contribution in [0.4, 0.5) is 5.69 Å². The molecule has 3 aromatic carbocycles. The number of rotatable bonds is 8. The summed E-state index contributed by atoms with van der Waals surface area (Å²) in [7, 11) is 0. The first kappa shape index (κ1) is 23.5. The van der Waals surface area contributed by atoms with Crippen molar-refractivity contribution < 1.29 is 33.8 Å². The number of carboxylic acid groups (broad SMARTS) is 1. The quantitative estimate of drug-likeness (QED) is 0.483. The summed E-state index contributed by atoms with van der Waals surface area (Å²) >= 11 is 6.06. The number of para-hydroxylation sites is 1. The molecule has 0 spiro atoms. The zero-order chi connectivity index (χ0) is 23.8. The molecule has 0 heterocycles. The lowest BCUT2D eigenvalue weighted by molar-refractivity contribution is -0.157. The molecule has 3 aromatic rings. The van der Waals surface area contributed by atoms with Crippen molar-refractivity contribution in [1.82, 2.24) is 0 Å². The van der Waals surface area contributed by atoms with Crippen molar-refractivity contribution in [3.05, 3.63) is 101 Å². The predicted molar refractivity (Wildman–Crippen MR) is 119 cm³/mol. The summed E-state index contributed by atoms with van der Waals surface area (Å²) in [5.74, 6) is -4.70. The van der Waals surface area contributed by atoms with Gasteiger partial charge < -0.3 is 19.9 Å². The van der Waals surface area contributed by atoms with Crippen molar-refractivity contribution in [3.8, 4) is 0 Å². The summed E-state index contributed by atoms with van der Waals surface area (Å²) in [6.07, 6.45) is -4.15. The molecule has 0 aromatic heterocycles. The number of ether oxygens (including phenoxy) is 2. The van der Waals surface area contributed by atoms with E-state index in [9.17, 15) is 24.3 Å². The summed E-state index contributed by atoms with van der Waals surface area (Å²) < 4.78 is 10.3. The number of carbonyl (C=O) groups is 4. The third kappa shape index (κ3) is 6.18. The van der Waals surface area contributed by atoms with Gasteiger partial charge in [0.1, 0.15) is 0 Å². The van der Waals surface area contributed by atoms with Gasteiger partial charge in [0.05, 0.1) is 21.8 Å². The van der Waals surface area contributed by atoms with E-state index in [-0.39, 0.29) is 21.8 Å².